The van der Waals surface area contributed by atoms with Crippen LogP contribution < -0.4 is 5.32 Å². The van der Waals surface area contributed by atoms with Crippen LogP contribution in [0.5, 0.6) is 0 Å². The van der Waals surface area contributed by atoms with Crippen molar-refractivity contribution in [1.82, 2.24) is 14.7 Å². The van der Waals surface area contributed by atoms with Crippen molar-refractivity contribution >= 4 is 50.7 Å². The van der Waals surface area contributed by atoms with E-state index in [1.165, 1.54) is 4.90 Å². The van der Waals surface area contributed by atoms with Crippen molar-refractivity contribution in [3.63, 3.8) is 0 Å². The fourth-order valence-corrected chi connectivity index (χ4v) is 3.75. The third kappa shape index (κ3) is 5.59. The molecule has 0 radical (unpaired) electrons. The number of likely N-dealkylation sites (tertiary alicyclic amines) is 1. The quantitative estimate of drug-likeness (QED) is 0.617. The summed E-state index contributed by atoms with van der Waals surface area (Å²) in [5, 5.41) is 7.68. The van der Waals surface area contributed by atoms with E-state index < -0.39 is 29.4 Å². The maximum absolute atomic E-state index is 13.1. The summed E-state index contributed by atoms with van der Waals surface area (Å²) < 4.78 is 12.8. The van der Waals surface area contributed by atoms with E-state index in [1.807, 2.05) is 0 Å². The Hall–Kier alpha value is -2.62. The van der Waals surface area contributed by atoms with E-state index in [9.17, 15) is 14.4 Å². The lowest BCUT2D eigenvalue weighted by Gasteiger charge is -2.27. The zero-order valence-corrected chi connectivity index (χ0v) is 20.8. The second-order valence-electron chi connectivity index (χ2n) is 9.72. The summed E-state index contributed by atoms with van der Waals surface area (Å²) >= 11 is 3.40. The Bertz CT molecular complexity index is 1050. The van der Waals surface area contributed by atoms with Gasteiger partial charge in [-0.05, 0) is 72.6 Å². The van der Waals surface area contributed by atoms with Crippen molar-refractivity contribution in [1.29, 1.82) is 0 Å². The van der Waals surface area contributed by atoms with Crippen molar-refractivity contribution in [3.05, 3.63) is 22.7 Å². The maximum atomic E-state index is 13.1. The van der Waals surface area contributed by atoms with Crippen LogP contribution in [-0.4, -0.2) is 56.6 Å². The highest BCUT2D eigenvalue weighted by Crippen LogP contribution is 2.28. The topological polar surface area (TPSA) is 103 Å². The van der Waals surface area contributed by atoms with Gasteiger partial charge in [-0.1, -0.05) is 15.9 Å². The first-order valence-electron chi connectivity index (χ1n) is 10.5. The predicted octanol–water partition coefficient (Wildman–Crippen LogP) is 4.92. The number of carbonyl (C=O) groups is 3. The number of anilines is 1. The van der Waals surface area contributed by atoms with Gasteiger partial charge in [0.1, 0.15) is 17.2 Å². The molecule has 0 saturated carbocycles. The molecular weight excluding hydrogens is 480 g/mol. The number of nitrogens with one attached hydrogen (secondary N) is 1. The van der Waals surface area contributed by atoms with Crippen molar-refractivity contribution in [2.75, 3.05) is 11.9 Å². The van der Waals surface area contributed by atoms with Crippen molar-refractivity contribution in [3.8, 4) is 0 Å². The van der Waals surface area contributed by atoms with E-state index in [-0.39, 0.29) is 11.7 Å². The molecule has 2 heterocycles. The van der Waals surface area contributed by atoms with Crippen molar-refractivity contribution in [2.24, 2.45) is 0 Å². The molecule has 1 aliphatic rings. The SMILES string of the molecule is CC(C)(C)OC(=O)N1CCC[C@H]1C(=O)Nc1nn(C(=O)OC(C)(C)C)c2cc(Br)ccc12. The Morgan fingerprint density at radius 2 is 1.69 bits per heavy atom. The lowest BCUT2D eigenvalue weighted by Crippen LogP contribution is -2.45. The molecule has 1 N–H and O–H groups in total. The number of fused-ring (bicyclic) bond motifs is 1. The van der Waals surface area contributed by atoms with E-state index >= 15 is 0 Å². The Balaban J connectivity index is 1.87. The number of carbonyl (C=O) groups excluding carboxylic acids is 3. The van der Waals surface area contributed by atoms with Crippen LogP contribution in [0.3, 0.4) is 0 Å². The highest BCUT2D eigenvalue weighted by molar-refractivity contribution is 9.10. The molecule has 10 heteroatoms. The smallest absolute Gasteiger partial charge is 0.435 e. The largest absolute Gasteiger partial charge is 0.444 e. The average Bonchev–Trinajstić information content (AvgIpc) is 3.24. The van der Waals surface area contributed by atoms with Gasteiger partial charge in [0.15, 0.2) is 5.82 Å². The van der Waals surface area contributed by atoms with Crippen LogP contribution in [0, 0.1) is 0 Å². The maximum Gasteiger partial charge on any atom is 0.435 e. The number of nitrogens with zero attached hydrogens (tertiary/aromatic N) is 3. The van der Waals surface area contributed by atoms with Gasteiger partial charge in [0.2, 0.25) is 5.91 Å². The number of benzene rings is 1. The lowest BCUT2D eigenvalue weighted by atomic mass is 10.2. The van der Waals surface area contributed by atoms with Gasteiger partial charge in [0.25, 0.3) is 0 Å². The van der Waals surface area contributed by atoms with Crippen LogP contribution in [0.4, 0.5) is 15.4 Å². The molecule has 3 rings (SSSR count). The molecule has 1 saturated heterocycles. The number of hydrogen-bond donors (Lipinski definition) is 1. The second-order valence-corrected chi connectivity index (χ2v) is 10.6. The highest BCUT2D eigenvalue weighted by atomic mass is 79.9. The molecule has 2 aromatic rings. The average molecular weight is 509 g/mol. The minimum absolute atomic E-state index is 0.222. The predicted molar refractivity (Wildman–Crippen MR) is 124 cm³/mol. The van der Waals surface area contributed by atoms with Crippen LogP contribution in [-0.2, 0) is 14.3 Å². The first kappa shape index (κ1) is 24.0. The number of rotatable bonds is 2. The summed E-state index contributed by atoms with van der Waals surface area (Å²) in [4.78, 5) is 39.8. The van der Waals surface area contributed by atoms with Gasteiger partial charge in [-0.2, -0.15) is 4.68 Å². The van der Waals surface area contributed by atoms with Crippen LogP contribution in [0.25, 0.3) is 10.9 Å². The molecule has 9 nitrogen and oxygen atoms in total. The molecule has 1 aromatic carbocycles. The van der Waals surface area contributed by atoms with Gasteiger partial charge >= 0.3 is 12.2 Å². The summed E-state index contributed by atoms with van der Waals surface area (Å²) in [5.41, 5.74) is -0.877. The van der Waals surface area contributed by atoms with Crippen LogP contribution in [0.2, 0.25) is 0 Å². The molecule has 1 aromatic heterocycles. The van der Waals surface area contributed by atoms with Gasteiger partial charge in [-0.15, -0.1) is 5.10 Å². The van der Waals surface area contributed by atoms with E-state index in [0.29, 0.717) is 30.3 Å². The van der Waals surface area contributed by atoms with E-state index in [1.54, 1.807) is 59.7 Å². The number of halogens is 1. The van der Waals surface area contributed by atoms with Crippen LogP contribution >= 0.6 is 15.9 Å². The summed E-state index contributed by atoms with van der Waals surface area (Å²) in [7, 11) is 0. The molecular formula is C22H29BrN4O5. The molecule has 0 spiro atoms. The summed E-state index contributed by atoms with van der Waals surface area (Å²) in [6.07, 6.45) is 0.0270. The van der Waals surface area contributed by atoms with Crippen LogP contribution in [0.1, 0.15) is 54.4 Å². The number of aromatic nitrogens is 2. The van der Waals surface area contributed by atoms with E-state index in [2.05, 4.69) is 26.3 Å². The number of amides is 2. The van der Waals surface area contributed by atoms with Gasteiger partial charge in [-0.25, -0.2) is 9.59 Å². The molecule has 2 amide bonds. The first-order chi connectivity index (χ1) is 14.7. The molecule has 32 heavy (non-hydrogen) atoms. The van der Waals surface area contributed by atoms with Crippen LogP contribution in [0.15, 0.2) is 22.7 Å². The number of hydrogen-bond acceptors (Lipinski definition) is 6. The van der Waals surface area contributed by atoms with E-state index in [4.69, 9.17) is 9.47 Å². The van der Waals surface area contributed by atoms with Gasteiger partial charge in [-0.3, -0.25) is 9.69 Å². The number of ether oxygens (including phenoxy) is 2. The molecule has 1 aliphatic heterocycles. The Morgan fingerprint density at radius 1 is 1.06 bits per heavy atom. The third-order valence-corrected chi connectivity index (χ3v) is 5.13. The molecule has 1 fully saturated rings. The highest BCUT2D eigenvalue weighted by Gasteiger charge is 2.37. The normalized spacial score (nSPS) is 16.8. The van der Waals surface area contributed by atoms with Gasteiger partial charge < -0.3 is 14.8 Å². The fourth-order valence-electron chi connectivity index (χ4n) is 3.40. The fraction of sp³-hybridized carbons (Fsp3) is 0.545. The molecule has 0 bridgehead atoms. The molecule has 0 unspecified atom stereocenters. The minimum Gasteiger partial charge on any atom is -0.444 e. The first-order valence-corrected chi connectivity index (χ1v) is 11.3. The van der Waals surface area contributed by atoms with E-state index in [0.717, 1.165) is 9.15 Å². The minimum atomic E-state index is -0.706. The third-order valence-electron chi connectivity index (χ3n) is 4.63. The Labute approximate surface area is 195 Å². The van der Waals surface area contributed by atoms with Crippen molar-refractivity contribution < 1.29 is 23.9 Å². The zero-order valence-electron chi connectivity index (χ0n) is 19.2. The standard InChI is InChI=1S/C22H29BrN4O5/c1-21(2,3)31-19(29)26-11-7-8-15(26)18(28)24-17-14-10-9-13(23)12-16(14)27(25-17)20(30)32-22(4,5)6/h9-10,12,15H,7-8,11H2,1-6H3,(H,24,25,28)/t15-/m0/s1. The molecule has 174 valence electrons. The summed E-state index contributed by atoms with van der Waals surface area (Å²) in [5.74, 6) is -0.161. The zero-order chi connectivity index (χ0) is 23.8. The van der Waals surface area contributed by atoms with Gasteiger partial charge in [0.05, 0.1) is 5.52 Å². The molecule has 0 aliphatic carbocycles. The summed E-state index contributed by atoms with van der Waals surface area (Å²) in [6, 6.07) is 4.59. The van der Waals surface area contributed by atoms with Gasteiger partial charge in [0, 0.05) is 16.4 Å². The Morgan fingerprint density at radius 3 is 2.31 bits per heavy atom. The monoisotopic (exact) mass is 508 g/mol. The second kappa shape index (κ2) is 8.73. The summed E-state index contributed by atoms with van der Waals surface area (Å²) in [6.45, 7) is 11.1. The van der Waals surface area contributed by atoms with Crippen molar-refractivity contribution in [2.45, 2.75) is 71.6 Å². The lowest BCUT2D eigenvalue weighted by molar-refractivity contribution is -0.120. The molecule has 1 atom stereocenters. The Kier molecular flexibility index (Phi) is 6.55.